The first-order valence-electron chi connectivity index (χ1n) is 7.20. The van der Waals surface area contributed by atoms with Crippen molar-refractivity contribution in [2.75, 3.05) is 27.9 Å². The molecule has 5 heteroatoms. The number of hydrogen-bond donors (Lipinski definition) is 0. The van der Waals surface area contributed by atoms with Gasteiger partial charge >= 0.3 is 5.97 Å². The maximum Gasteiger partial charge on any atom is 0.308 e. The number of benzene rings is 1. The number of carbonyl (C=O) groups is 1. The van der Waals surface area contributed by atoms with Gasteiger partial charge in [-0.25, -0.2) is 0 Å². The molecule has 0 aliphatic heterocycles. The standard InChI is InChI=1S/C17H24O5/c1-6-12(2)17(18)22-9-7-8-13-10-14(19-3)16(21-5)15(11-13)20-4/h7-8,10-12H,6,9H2,1-5H3. The van der Waals surface area contributed by atoms with Crippen LogP contribution in [-0.4, -0.2) is 33.9 Å². The summed E-state index contributed by atoms with van der Waals surface area (Å²) in [4.78, 5) is 11.6. The molecule has 0 saturated heterocycles. The summed E-state index contributed by atoms with van der Waals surface area (Å²) in [6.07, 6.45) is 4.39. The van der Waals surface area contributed by atoms with E-state index in [-0.39, 0.29) is 18.5 Å². The van der Waals surface area contributed by atoms with Gasteiger partial charge in [0.1, 0.15) is 6.61 Å². The van der Waals surface area contributed by atoms with Crippen molar-refractivity contribution in [1.29, 1.82) is 0 Å². The Labute approximate surface area is 131 Å². The van der Waals surface area contributed by atoms with Crippen molar-refractivity contribution < 1.29 is 23.7 Å². The van der Waals surface area contributed by atoms with Crippen LogP contribution in [0.5, 0.6) is 17.2 Å². The molecule has 0 aliphatic carbocycles. The summed E-state index contributed by atoms with van der Waals surface area (Å²) in [5, 5.41) is 0. The molecular weight excluding hydrogens is 284 g/mol. The van der Waals surface area contributed by atoms with Crippen LogP contribution >= 0.6 is 0 Å². The molecule has 0 amide bonds. The van der Waals surface area contributed by atoms with Gasteiger partial charge in [0, 0.05) is 0 Å². The minimum atomic E-state index is -0.183. The van der Waals surface area contributed by atoms with Crippen LogP contribution < -0.4 is 14.2 Å². The Hall–Kier alpha value is -2.17. The Kier molecular flexibility index (Phi) is 7.29. The van der Waals surface area contributed by atoms with Crippen LogP contribution in [0.4, 0.5) is 0 Å². The number of ether oxygens (including phenoxy) is 4. The molecule has 0 N–H and O–H groups in total. The summed E-state index contributed by atoms with van der Waals surface area (Å²) < 4.78 is 21.0. The van der Waals surface area contributed by atoms with E-state index in [1.54, 1.807) is 27.4 Å². The molecule has 0 saturated carbocycles. The molecule has 0 heterocycles. The van der Waals surface area contributed by atoms with Crippen LogP contribution in [0.1, 0.15) is 25.8 Å². The van der Waals surface area contributed by atoms with Gasteiger partial charge in [-0.3, -0.25) is 4.79 Å². The molecule has 122 valence electrons. The van der Waals surface area contributed by atoms with Gasteiger partial charge in [-0.1, -0.05) is 19.9 Å². The van der Waals surface area contributed by atoms with Gasteiger partial charge in [0.05, 0.1) is 27.2 Å². The summed E-state index contributed by atoms with van der Waals surface area (Å²) in [7, 11) is 4.70. The molecule has 0 bridgehead atoms. The second-order valence-corrected chi connectivity index (χ2v) is 4.80. The molecule has 0 aromatic heterocycles. The van der Waals surface area contributed by atoms with Gasteiger partial charge in [0.15, 0.2) is 11.5 Å². The van der Waals surface area contributed by atoms with E-state index in [0.29, 0.717) is 17.2 Å². The van der Waals surface area contributed by atoms with E-state index in [2.05, 4.69) is 0 Å². The highest BCUT2D eigenvalue weighted by molar-refractivity contribution is 5.72. The van der Waals surface area contributed by atoms with Crippen LogP contribution in [0.15, 0.2) is 18.2 Å². The van der Waals surface area contributed by atoms with Crippen LogP contribution in [0.3, 0.4) is 0 Å². The predicted molar refractivity (Wildman–Crippen MR) is 85.5 cm³/mol. The predicted octanol–water partition coefficient (Wildman–Crippen LogP) is 3.31. The van der Waals surface area contributed by atoms with Crippen LogP contribution in [0.2, 0.25) is 0 Å². The normalized spacial score (nSPS) is 12.0. The first kappa shape index (κ1) is 17.9. The zero-order valence-electron chi connectivity index (χ0n) is 13.8. The van der Waals surface area contributed by atoms with Crippen molar-refractivity contribution in [2.45, 2.75) is 20.3 Å². The molecule has 1 aromatic carbocycles. The third-order valence-corrected chi connectivity index (χ3v) is 3.33. The zero-order valence-corrected chi connectivity index (χ0v) is 13.8. The Morgan fingerprint density at radius 3 is 2.18 bits per heavy atom. The van der Waals surface area contributed by atoms with Crippen molar-refractivity contribution in [2.24, 2.45) is 5.92 Å². The average molecular weight is 308 g/mol. The molecule has 0 fully saturated rings. The minimum absolute atomic E-state index is 0.0745. The van der Waals surface area contributed by atoms with E-state index in [0.717, 1.165) is 12.0 Å². The Morgan fingerprint density at radius 1 is 1.14 bits per heavy atom. The maximum atomic E-state index is 11.6. The van der Waals surface area contributed by atoms with Crippen molar-refractivity contribution in [1.82, 2.24) is 0 Å². The third-order valence-electron chi connectivity index (χ3n) is 3.33. The second-order valence-electron chi connectivity index (χ2n) is 4.80. The average Bonchev–Trinajstić information content (AvgIpc) is 2.56. The quantitative estimate of drug-likeness (QED) is 0.690. The molecule has 1 atom stereocenters. The lowest BCUT2D eigenvalue weighted by atomic mass is 10.1. The molecule has 0 spiro atoms. The van der Waals surface area contributed by atoms with Gasteiger partial charge in [-0.15, -0.1) is 0 Å². The Bertz CT molecular complexity index is 497. The van der Waals surface area contributed by atoms with Gasteiger partial charge in [-0.2, -0.15) is 0 Å². The molecule has 5 nitrogen and oxygen atoms in total. The molecular formula is C17H24O5. The zero-order chi connectivity index (χ0) is 16.5. The SMILES string of the molecule is CCC(C)C(=O)OCC=Cc1cc(OC)c(OC)c(OC)c1. The van der Waals surface area contributed by atoms with E-state index < -0.39 is 0 Å². The first-order chi connectivity index (χ1) is 10.6. The topological polar surface area (TPSA) is 54.0 Å². The summed E-state index contributed by atoms with van der Waals surface area (Å²) in [6.45, 7) is 4.04. The molecule has 1 aromatic rings. The highest BCUT2D eigenvalue weighted by Crippen LogP contribution is 2.38. The molecule has 0 aliphatic rings. The van der Waals surface area contributed by atoms with E-state index in [1.165, 1.54) is 0 Å². The monoisotopic (exact) mass is 308 g/mol. The van der Waals surface area contributed by atoms with E-state index in [4.69, 9.17) is 18.9 Å². The number of rotatable bonds is 8. The number of hydrogen-bond acceptors (Lipinski definition) is 5. The lowest BCUT2D eigenvalue weighted by Gasteiger charge is -2.12. The molecule has 22 heavy (non-hydrogen) atoms. The summed E-state index contributed by atoms with van der Waals surface area (Å²) in [5.41, 5.74) is 0.870. The van der Waals surface area contributed by atoms with E-state index in [9.17, 15) is 4.79 Å². The largest absolute Gasteiger partial charge is 0.493 e. The first-order valence-corrected chi connectivity index (χ1v) is 7.20. The summed E-state index contributed by atoms with van der Waals surface area (Å²) in [6, 6.07) is 3.66. The lowest BCUT2D eigenvalue weighted by Crippen LogP contribution is -2.13. The van der Waals surface area contributed by atoms with Crippen LogP contribution in [0.25, 0.3) is 6.08 Å². The number of esters is 1. The fourth-order valence-corrected chi connectivity index (χ4v) is 1.82. The van der Waals surface area contributed by atoms with Crippen molar-refractivity contribution in [3.8, 4) is 17.2 Å². The minimum Gasteiger partial charge on any atom is -0.493 e. The molecule has 0 radical (unpaired) electrons. The van der Waals surface area contributed by atoms with Crippen molar-refractivity contribution in [3.05, 3.63) is 23.8 Å². The van der Waals surface area contributed by atoms with Crippen molar-refractivity contribution >= 4 is 12.0 Å². The van der Waals surface area contributed by atoms with Gasteiger partial charge < -0.3 is 18.9 Å². The smallest absolute Gasteiger partial charge is 0.308 e. The molecule has 1 rings (SSSR count). The lowest BCUT2D eigenvalue weighted by molar-refractivity contribution is -0.146. The third kappa shape index (κ3) is 4.69. The van der Waals surface area contributed by atoms with Gasteiger partial charge in [-0.05, 0) is 30.2 Å². The highest BCUT2D eigenvalue weighted by Gasteiger charge is 2.12. The van der Waals surface area contributed by atoms with Crippen LogP contribution in [-0.2, 0) is 9.53 Å². The Morgan fingerprint density at radius 2 is 1.73 bits per heavy atom. The van der Waals surface area contributed by atoms with E-state index >= 15 is 0 Å². The second kappa shape index (κ2) is 8.97. The highest BCUT2D eigenvalue weighted by atomic mass is 16.5. The molecule has 1 unspecified atom stereocenters. The van der Waals surface area contributed by atoms with E-state index in [1.807, 2.05) is 32.1 Å². The fraction of sp³-hybridized carbons (Fsp3) is 0.471. The Balaban J connectivity index is 2.77. The number of carbonyl (C=O) groups excluding carboxylic acids is 1. The van der Waals surface area contributed by atoms with Gasteiger partial charge in [0.2, 0.25) is 5.75 Å². The van der Waals surface area contributed by atoms with Gasteiger partial charge in [0.25, 0.3) is 0 Å². The maximum absolute atomic E-state index is 11.6. The summed E-state index contributed by atoms with van der Waals surface area (Å²) in [5.74, 6) is 1.45. The fourth-order valence-electron chi connectivity index (χ4n) is 1.82. The number of methoxy groups -OCH3 is 3. The summed E-state index contributed by atoms with van der Waals surface area (Å²) >= 11 is 0. The van der Waals surface area contributed by atoms with Crippen molar-refractivity contribution in [3.63, 3.8) is 0 Å². The van der Waals surface area contributed by atoms with Crippen LogP contribution in [0, 0.1) is 5.92 Å².